The van der Waals surface area contributed by atoms with Gasteiger partial charge in [-0.2, -0.15) is 5.26 Å². The fourth-order valence-electron chi connectivity index (χ4n) is 4.31. The number of nitrogens with one attached hydrogen (secondary N) is 1. The van der Waals surface area contributed by atoms with Crippen LogP contribution >= 0.6 is 0 Å². The average Bonchev–Trinajstić information content (AvgIpc) is 2.78. The summed E-state index contributed by atoms with van der Waals surface area (Å²) in [5, 5.41) is 11.8. The van der Waals surface area contributed by atoms with E-state index in [4.69, 9.17) is 10.00 Å². The number of carbonyl (C=O) groups is 3. The normalized spacial score (nSPS) is 15.5. The fraction of sp³-hybridized carbons (Fsp3) is 0.600. The van der Waals surface area contributed by atoms with Crippen LogP contribution in [0.25, 0.3) is 0 Å². The maximum atomic E-state index is 14.3. The van der Waals surface area contributed by atoms with Gasteiger partial charge in [0.1, 0.15) is 5.82 Å². The summed E-state index contributed by atoms with van der Waals surface area (Å²) >= 11 is 0. The number of benzene rings is 1. The highest BCUT2D eigenvalue weighted by Gasteiger charge is 2.39. The molecule has 1 aromatic rings. The third-order valence-corrected chi connectivity index (χ3v) is 6.40. The number of piperidine rings is 1. The third kappa shape index (κ3) is 7.01. The topological polar surface area (TPSA) is 99.5 Å². The van der Waals surface area contributed by atoms with Gasteiger partial charge >= 0.3 is 5.97 Å². The molecule has 1 aliphatic rings. The van der Waals surface area contributed by atoms with E-state index in [9.17, 15) is 18.8 Å². The van der Waals surface area contributed by atoms with Crippen molar-refractivity contribution in [2.24, 2.45) is 11.8 Å². The number of hydrogen-bond acceptors (Lipinski definition) is 5. The molecular formula is C25H34FN3O4. The van der Waals surface area contributed by atoms with Crippen LogP contribution in [0.15, 0.2) is 18.2 Å². The summed E-state index contributed by atoms with van der Waals surface area (Å²) in [6, 6.07) is 5.55. The first-order chi connectivity index (χ1) is 15.6. The molecule has 1 aromatic carbocycles. The lowest BCUT2D eigenvalue weighted by Crippen LogP contribution is -2.55. The van der Waals surface area contributed by atoms with E-state index in [1.165, 1.54) is 19.2 Å². The molecule has 0 aliphatic carbocycles. The van der Waals surface area contributed by atoms with Crippen LogP contribution in [0.3, 0.4) is 0 Å². The Balaban J connectivity index is 2.12. The van der Waals surface area contributed by atoms with Crippen molar-refractivity contribution in [2.45, 2.75) is 64.8 Å². The smallest absolute Gasteiger partial charge is 0.305 e. The zero-order chi connectivity index (χ0) is 24.6. The van der Waals surface area contributed by atoms with Crippen molar-refractivity contribution in [1.29, 1.82) is 5.26 Å². The van der Waals surface area contributed by atoms with E-state index in [1.807, 2.05) is 17.9 Å². The Bertz CT molecular complexity index is 901. The molecule has 7 nitrogen and oxygen atoms in total. The summed E-state index contributed by atoms with van der Waals surface area (Å²) < 4.78 is 19.1. The second-order valence-corrected chi connectivity index (χ2v) is 9.23. The first kappa shape index (κ1) is 26.3. The molecule has 1 atom stereocenters. The lowest BCUT2D eigenvalue weighted by molar-refractivity contribution is -0.142. The average molecular weight is 460 g/mol. The monoisotopic (exact) mass is 459 g/mol. The number of nitrogens with zero attached hydrogens (tertiary/aromatic N) is 2. The minimum Gasteiger partial charge on any atom is -0.469 e. The minimum absolute atomic E-state index is 0.0365. The molecule has 33 heavy (non-hydrogen) atoms. The molecule has 1 saturated heterocycles. The SMILES string of the molecule is CCCCC(C(=O)N1CCC(CC(=O)OC)CC1)C(C)(C)NC(=O)c1ccc(C#N)cc1F. The number of methoxy groups -OCH3 is 1. The van der Waals surface area contributed by atoms with Crippen molar-refractivity contribution in [3.8, 4) is 6.07 Å². The maximum absolute atomic E-state index is 14.3. The van der Waals surface area contributed by atoms with Crippen LogP contribution in [-0.2, 0) is 14.3 Å². The molecule has 8 heteroatoms. The van der Waals surface area contributed by atoms with Crippen LogP contribution < -0.4 is 5.32 Å². The molecule has 1 N–H and O–H groups in total. The summed E-state index contributed by atoms with van der Waals surface area (Å²) in [7, 11) is 1.37. The van der Waals surface area contributed by atoms with Gasteiger partial charge in [-0.15, -0.1) is 0 Å². The zero-order valence-corrected chi connectivity index (χ0v) is 19.9. The number of likely N-dealkylation sites (tertiary alicyclic amines) is 1. The first-order valence-corrected chi connectivity index (χ1v) is 11.5. The molecule has 2 rings (SSSR count). The van der Waals surface area contributed by atoms with E-state index in [1.54, 1.807) is 13.8 Å². The molecule has 0 radical (unpaired) electrons. The van der Waals surface area contributed by atoms with Gasteiger partial charge in [0.05, 0.1) is 30.2 Å². The number of ether oxygens (including phenoxy) is 1. The summed E-state index contributed by atoms with van der Waals surface area (Å²) in [6.07, 6.45) is 4.13. The van der Waals surface area contributed by atoms with E-state index in [2.05, 4.69) is 5.32 Å². The quantitative estimate of drug-likeness (QED) is 0.566. The van der Waals surface area contributed by atoms with Crippen LogP contribution in [0, 0.1) is 29.0 Å². The third-order valence-electron chi connectivity index (χ3n) is 6.40. The Morgan fingerprint density at radius 3 is 2.52 bits per heavy atom. The van der Waals surface area contributed by atoms with Crippen molar-refractivity contribution in [2.75, 3.05) is 20.2 Å². The van der Waals surface area contributed by atoms with Gasteiger partial charge < -0.3 is 15.0 Å². The predicted octanol–water partition coefficient (Wildman–Crippen LogP) is 3.81. The number of carbonyl (C=O) groups excluding carboxylic acids is 3. The number of esters is 1. The van der Waals surface area contributed by atoms with Crippen LogP contribution in [0.1, 0.15) is 75.2 Å². The number of nitriles is 1. The van der Waals surface area contributed by atoms with Gasteiger partial charge in [-0.1, -0.05) is 19.8 Å². The molecule has 1 unspecified atom stereocenters. The van der Waals surface area contributed by atoms with Gasteiger partial charge in [0.2, 0.25) is 5.91 Å². The Morgan fingerprint density at radius 1 is 1.30 bits per heavy atom. The highest BCUT2D eigenvalue weighted by molar-refractivity contribution is 5.95. The zero-order valence-electron chi connectivity index (χ0n) is 19.9. The number of hydrogen-bond donors (Lipinski definition) is 1. The molecule has 0 bridgehead atoms. The van der Waals surface area contributed by atoms with Crippen LogP contribution in [-0.4, -0.2) is 48.4 Å². The lowest BCUT2D eigenvalue weighted by Gasteiger charge is -2.40. The summed E-state index contributed by atoms with van der Waals surface area (Å²) in [5.41, 5.74) is -0.936. The molecule has 1 heterocycles. The van der Waals surface area contributed by atoms with Crippen LogP contribution in [0.5, 0.6) is 0 Å². The summed E-state index contributed by atoms with van der Waals surface area (Å²) in [6.45, 7) is 6.72. The Labute approximate surface area is 195 Å². The van der Waals surface area contributed by atoms with Crippen LogP contribution in [0.2, 0.25) is 0 Å². The standard InChI is InChI=1S/C25H34FN3O4/c1-5-6-7-20(24(32)29-12-10-17(11-13-29)15-22(30)33-4)25(2,3)28-23(31)19-9-8-18(16-27)14-21(19)26/h8-9,14,17,20H,5-7,10-13,15H2,1-4H3,(H,28,31). The Hall–Kier alpha value is -2.95. The van der Waals surface area contributed by atoms with Gasteiger partial charge in [-0.3, -0.25) is 14.4 Å². The van der Waals surface area contributed by atoms with E-state index in [-0.39, 0.29) is 28.9 Å². The molecule has 0 spiro atoms. The second kappa shape index (κ2) is 11.8. The number of amides is 2. The molecule has 180 valence electrons. The maximum Gasteiger partial charge on any atom is 0.305 e. The highest BCUT2D eigenvalue weighted by atomic mass is 19.1. The Kier molecular flexibility index (Phi) is 9.39. The summed E-state index contributed by atoms with van der Waals surface area (Å²) in [5.74, 6) is -1.94. The fourth-order valence-corrected chi connectivity index (χ4v) is 4.31. The van der Waals surface area contributed by atoms with Gasteiger partial charge in [0, 0.05) is 25.0 Å². The minimum atomic E-state index is -0.910. The van der Waals surface area contributed by atoms with E-state index in [0.717, 1.165) is 31.7 Å². The van der Waals surface area contributed by atoms with E-state index < -0.39 is 23.2 Å². The van der Waals surface area contributed by atoms with Crippen molar-refractivity contribution >= 4 is 17.8 Å². The Morgan fingerprint density at radius 2 is 1.97 bits per heavy atom. The van der Waals surface area contributed by atoms with E-state index in [0.29, 0.717) is 25.9 Å². The van der Waals surface area contributed by atoms with Crippen LogP contribution in [0.4, 0.5) is 4.39 Å². The van der Waals surface area contributed by atoms with Crippen molar-refractivity contribution in [3.63, 3.8) is 0 Å². The first-order valence-electron chi connectivity index (χ1n) is 11.5. The number of rotatable bonds is 9. The van der Waals surface area contributed by atoms with Crippen molar-refractivity contribution in [1.82, 2.24) is 10.2 Å². The number of unbranched alkanes of at least 4 members (excludes halogenated alkanes) is 1. The lowest BCUT2D eigenvalue weighted by atomic mass is 9.81. The van der Waals surface area contributed by atoms with Gasteiger partial charge in [-0.05, 0) is 57.2 Å². The summed E-state index contributed by atoms with van der Waals surface area (Å²) in [4.78, 5) is 39.7. The van der Waals surface area contributed by atoms with Crippen molar-refractivity contribution in [3.05, 3.63) is 35.1 Å². The largest absolute Gasteiger partial charge is 0.469 e. The predicted molar refractivity (Wildman–Crippen MR) is 122 cm³/mol. The molecule has 1 fully saturated rings. The van der Waals surface area contributed by atoms with Gasteiger partial charge in [-0.25, -0.2) is 4.39 Å². The van der Waals surface area contributed by atoms with Gasteiger partial charge in [0.25, 0.3) is 5.91 Å². The molecule has 2 amide bonds. The van der Waals surface area contributed by atoms with Gasteiger partial charge in [0.15, 0.2) is 0 Å². The molecule has 0 aromatic heterocycles. The molecular weight excluding hydrogens is 425 g/mol. The molecule has 1 aliphatic heterocycles. The number of halogens is 1. The second-order valence-electron chi connectivity index (χ2n) is 9.23. The van der Waals surface area contributed by atoms with E-state index >= 15 is 0 Å². The van der Waals surface area contributed by atoms with Crippen molar-refractivity contribution < 1.29 is 23.5 Å². The molecule has 0 saturated carbocycles. The highest BCUT2D eigenvalue weighted by Crippen LogP contribution is 2.29.